The first-order valence-corrected chi connectivity index (χ1v) is 11.3. The lowest BCUT2D eigenvalue weighted by Crippen LogP contribution is -2.46. The molecule has 1 amide bonds. The van der Waals surface area contributed by atoms with Crippen LogP contribution in [0.15, 0.2) is 47.6 Å². The number of hydrogen-bond acceptors (Lipinski definition) is 7. The molecule has 3 aromatic rings. The van der Waals surface area contributed by atoms with Gasteiger partial charge in [0.1, 0.15) is 0 Å². The van der Waals surface area contributed by atoms with Crippen LogP contribution in [0.4, 0.5) is 20.3 Å². The van der Waals surface area contributed by atoms with Gasteiger partial charge in [-0.15, -0.1) is 0 Å². The number of halogens is 2. The summed E-state index contributed by atoms with van der Waals surface area (Å²) in [6, 6.07) is 9.41. The first kappa shape index (κ1) is 22.0. The second-order valence-electron chi connectivity index (χ2n) is 7.62. The third-order valence-electron chi connectivity index (χ3n) is 5.28. The third-order valence-corrected chi connectivity index (χ3v) is 6.09. The highest BCUT2D eigenvalue weighted by molar-refractivity contribution is 7.89. The number of nitrogens with one attached hydrogen (secondary N) is 1. The maximum absolute atomic E-state index is 14.0. The molecule has 1 aliphatic rings. The number of nitrogens with two attached hydrogens (primary N) is 1. The summed E-state index contributed by atoms with van der Waals surface area (Å²) >= 11 is 0. The zero-order valence-corrected chi connectivity index (χ0v) is 17.8. The Balaban J connectivity index is 1.73. The van der Waals surface area contributed by atoms with Crippen LogP contribution < -0.4 is 15.4 Å². The SMILES string of the molecule is CC1CN(c2nc3ccccc3nc2C(=O)Nc2ccnc(S(N)(=O)=O)c2)CCC1(F)F. The fraction of sp³-hybridized carbons (Fsp3) is 0.300. The van der Waals surface area contributed by atoms with Gasteiger partial charge in [0, 0.05) is 43.4 Å². The second-order valence-corrected chi connectivity index (χ2v) is 9.13. The summed E-state index contributed by atoms with van der Waals surface area (Å²) in [5.74, 6) is -4.22. The van der Waals surface area contributed by atoms with Gasteiger partial charge in [-0.3, -0.25) is 4.79 Å². The minimum Gasteiger partial charge on any atom is -0.354 e. The third kappa shape index (κ3) is 4.36. The predicted octanol–water partition coefficient (Wildman–Crippen LogP) is 2.41. The highest BCUT2D eigenvalue weighted by Crippen LogP contribution is 2.35. The van der Waals surface area contributed by atoms with Crippen molar-refractivity contribution >= 4 is 38.5 Å². The van der Waals surface area contributed by atoms with Crippen LogP contribution in [0, 0.1) is 5.92 Å². The number of nitrogens with zero attached hydrogens (tertiary/aromatic N) is 4. The minimum atomic E-state index is -4.07. The monoisotopic (exact) mass is 462 g/mol. The predicted molar refractivity (Wildman–Crippen MR) is 114 cm³/mol. The Morgan fingerprint density at radius 1 is 1.22 bits per heavy atom. The molecule has 0 radical (unpaired) electrons. The number of carbonyl (C=O) groups is 1. The van der Waals surface area contributed by atoms with Gasteiger partial charge in [0.25, 0.3) is 21.9 Å². The van der Waals surface area contributed by atoms with Crippen molar-refractivity contribution < 1.29 is 22.0 Å². The zero-order chi connectivity index (χ0) is 23.1. The van der Waals surface area contributed by atoms with Crippen molar-refractivity contribution in [2.45, 2.75) is 24.3 Å². The number of aromatic nitrogens is 3. The smallest absolute Gasteiger partial charge is 0.278 e. The topological polar surface area (TPSA) is 131 Å². The zero-order valence-electron chi connectivity index (χ0n) is 17.0. The summed E-state index contributed by atoms with van der Waals surface area (Å²) in [4.78, 5) is 27.3. The van der Waals surface area contributed by atoms with Crippen LogP contribution in [-0.4, -0.2) is 48.3 Å². The van der Waals surface area contributed by atoms with Gasteiger partial charge in [-0.25, -0.2) is 37.3 Å². The molecule has 3 heterocycles. The number of para-hydroxylation sites is 2. The number of benzene rings is 1. The molecule has 0 bridgehead atoms. The molecule has 9 nitrogen and oxygen atoms in total. The Bertz CT molecular complexity index is 1300. The van der Waals surface area contributed by atoms with Crippen molar-refractivity contribution in [3.63, 3.8) is 0 Å². The molecule has 168 valence electrons. The van der Waals surface area contributed by atoms with E-state index in [1.165, 1.54) is 19.2 Å². The van der Waals surface area contributed by atoms with Crippen molar-refractivity contribution in [3.05, 3.63) is 48.3 Å². The van der Waals surface area contributed by atoms with Gasteiger partial charge in [0.05, 0.1) is 11.0 Å². The van der Waals surface area contributed by atoms with Crippen molar-refractivity contribution in [1.82, 2.24) is 15.0 Å². The number of hydrogen-bond donors (Lipinski definition) is 2. The molecule has 12 heteroatoms. The number of piperidine rings is 1. The Hall–Kier alpha value is -3.25. The fourth-order valence-corrected chi connectivity index (χ4v) is 3.97. The Morgan fingerprint density at radius 2 is 1.91 bits per heavy atom. The van der Waals surface area contributed by atoms with Gasteiger partial charge >= 0.3 is 0 Å². The molecule has 0 saturated carbocycles. The Kier molecular flexibility index (Phi) is 5.51. The van der Waals surface area contributed by atoms with Crippen molar-refractivity contribution in [3.8, 4) is 0 Å². The molecular weight excluding hydrogens is 442 g/mol. The molecule has 2 aromatic heterocycles. The van der Waals surface area contributed by atoms with Crippen LogP contribution in [0.1, 0.15) is 23.8 Å². The van der Waals surface area contributed by atoms with Gasteiger partial charge in [-0.2, -0.15) is 0 Å². The summed E-state index contributed by atoms with van der Waals surface area (Å²) in [5.41, 5.74) is 1.05. The summed E-state index contributed by atoms with van der Waals surface area (Å²) in [6.45, 7) is 1.47. The quantitative estimate of drug-likeness (QED) is 0.609. The Morgan fingerprint density at radius 3 is 2.56 bits per heavy atom. The average molecular weight is 462 g/mol. The molecule has 1 saturated heterocycles. The van der Waals surface area contributed by atoms with E-state index < -0.39 is 32.8 Å². The lowest BCUT2D eigenvalue weighted by atomic mass is 9.95. The van der Waals surface area contributed by atoms with Crippen LogP contribution >= 0.6 is 0 Å². The van der Waals surface area contributed by atoms with E-state index in [-0.39, 0.29) is 36.7 Å². The number of amides is 1. The molecule has 3 N–H and O–H groups in total. The molecule has 1 fully saturated rings. The van der Waals surface area contributed by atoms with E-state index in [1.54, 1.807) is 29.2 Å². The highest BCUT2D eigenvalue weighted by Gasteiger charge is 2.42. The number of pyridine rings is 1. The normalized spacial score (nSPS) is 18.5. The standard InChI is InChI=1S/C20H20F2N6O3S/c1-12-11-28(9-7-20(12,21)22)18-17(26-14-4-2-3-5-15(14)27-18)19(29)25-13-6-8-24-16(10-13)32(23,30)31/h2-6,8,10,12H,7,9,11H2,1H3,(H2,23,30,31)(H,24,25,29). The lowest BCUT2D eigenvalue weighted by molar-refractivity contribution is -0.0652. The fourth-order valence-electron chi connectivity index (χ4n) is 3.47. The van der Waals surface area contributed by atoms with E-state index in [4.69, 9.17) is 5.14 Å². The number of alkyl halides is 2. The molecule has 1 atom stereocenters. The van der Waals surface area contributed by atoms with E-state index in [9.17, 15) is 22.0 Å². The second kappa shape index (κ2) is 8.02. The van der Waals surface area contributed by atoms with Crippen LogP contribution in [0.5, 0.6) is 0 Å². The van der Waals surface area contributed by atoms with Gasteiger partial charge in [0.15, 0.2) is 16.5 Å². The lowest BCUT2D eigenvalue weighted by Gasteiger charge is -2.37. The molecule has 1 aromatic carbocycles. The number of anilines is 2. The molecule has 1 unspecified atom stereocenters. The Labute approximate surface area is 182 Å². The number of primary sulfonamides is 1. The van der Waals surface area contributed by atoms with Crippen LogP contribution in [0.3, 0.4) is 0 Å². The number of rotatable bonds is 4. The summed E-state index contributed by atoms with van der Waals surface area (Å²) in [6.07, 6.45) is 0.822. The van der Waals surface area contributed by atoms with E-state index in [2.05, 4.69) is 20.3 Å². The van der Waals surface area contributed by atoms with Gasteiger partial charge < -0.3 is 10.2 Å². The van der Waals surface area contributed by atoms with Crippen molar-refractivity contribution in [2.24, 2.45) is 11.1 Å². The molecule has 4 rings (SSSR count). The van der Waals surface area contributed by atoms with E-state index in [0.717, 1.165) is 6.07 Å². The molecular formula is C20H20F2N6O3S. The van der Waals surface area contributed by atoms with Crippen LogP contribution in [0.2, 0.25) is 0 Å². The number of fused-ring (bicyclic) bond motifs is 1. The first-order valence-electron chi connectivity index (χ1n) is 9.74. The van der Waals surface area contributed by atoms with Crippen LogP contribution in [-0.2, 0) is 10.0 Å². The molecule has 0 aliphatic carbocycles. The van der Waals surface area contributed by atoms with Crippen molar-refractivity contribution in [2.75, 3.05) is 23.3 Å². The summed E-state index contributed by atoms with van der Waals surface area (Å²) in [7, 11) is -4.07. The number of carbonyl (C=O) groups excluding carboxylic acids is 1. The summed E-state index contributed by atoms with van der Waals surface area (Å²) in [5, 5.41) is 7.25. The highest BCUT2D eigenvalue weighted by atomic mass is 32.2. The molecule has 1 aliphatic heterocycles. The van der Waals surface area contributed by atoms with E-state index in [0.29, 0.717) is 11.0 Å². The first-order chi connectivity index (χ1) is 15.0. The van der Waals surface area contributed by atoms with Crippen LogP contribution in [0.25, 0.3) is 11.0 Å². The molecule has 0 spiro atoms. The summed E-state index contributed by atoms with van der Waals surface area (Å²) < 4.78 is 51.1. The maximum atomic E-state index is 14.0. The largest absolute Gasteiger partial charge is 0.354 e. The maximum Gasteiger partial charge on any atom is 0.278 e. The van der Waals surface area contributed by atoms with Gasteiger partial charge in [0.2, 0.25) is 0 Å². The average Bonchev–Trinajstić information content (AvgIpc) is 2.74. The van der Waals surface area contributed by atoms with Gasteiger partial charge in [-0.05, 0) is 18.2 Å². The van der Waals surface area contributed by atoms with E-state index >= 15 is 0 Å². The molecule has 32 heavy (non-hydrogen) atoms. The number of sulfonamides is 1. The van der Waals surface area contributed by atoms with Crippen molar-refractivity contribution in [1.29, 1.82) is 0 Å². The minimum absolute atomic E-state index is 0.00508. The van der Waals surface area contributed by atoms with Gasteiger partial charge in [-0.1, -0.05) is 19.1 Å². The van der Waals surface area contributed by atoms with E-state index in [1.807, 2.05) is 0 Å².